The third-order valence-electron chi connectivity index (χ3n) is 3.93. The minimum Gasteiger partial charge on any atom is -0.336 e. The number of imidazole rings is 1. The van der Waals surface area contributed by atoms with E-state index in [0.717, 1.165) is 22.6 Å². The summed E-state index contributed by atoms with van der Waals surface area (Å²) >= 11 is 0. The van der Waals surface area contributed by atoms with Gasteiger partial charge in [-0.2, -0.15) is 0 Å². The standard InChI is InChI=1S/C18H21N5O2S/c1-13(2)18-22-17(12-23(18)3)26(24,25)21-10-14-6-7-16(20-9-14)15-5-4-8-19-11-15/h4-9,11-13,21H,10H2,1-3H3. The van der Waals surface area contributed by atoms with Gasteiger partial charge in [-0.25, -0.2) is 18.1 Å². The van der Waals surface area contributed by atoms with E-state index in [4.69, 9.17) is 0 Å². The molecular weight excluding hydrogens is 350 g/mol. The molecule has 7 nitrogen and oxygen atoms in total. The Balaban J connectivity index is 1.71. The highest BCUT2D eigenvalue weighted by Crippen LogP contribution is 2.17. The molecule has 0 aliphatic rings. The number of aromatic nitrogens is 4. The van der Waals surface area contributed by atoms with E-state index in [1.807, 2.05) is 38.1 Å². The maximum absolute atomic E-state index is 12.5. The van der Waals surface area contributed by atoms with Crippen molar-refractivity contribution in [1.29, 1.82) is 0 Å². The minimum atomic E-state index is -3.68. The lowest BCUT2D eigenvalue weighted by molar-refractivity contribution is 0.577. The number of pyridine rings is 2. The number of hydrogen-bond donors (Lipinski definition) is 1. The molecule has 1 N–H and O–H groups in total. The zero-order valence-corrected chi connectivity index (χ0v) is 15.7. The van der Waals surface area contributed by atoms with Crippen molar-refractivity contribution in [1.82, 2.24) is 24.2 Å². The molecule has 0 amide bonds. The summed E-state index contributed by atoms with van der Waals surface area (Å²) in [5.74, 6) is 0.876. The number of aryl methyl sites for hydroxylation is 1. The zero-order chi connectivity index (χ0) is 18.7. The summed E-state index contributed by atoms with van der Waals surface area (Å²) in [6, 6.07) is 7.45. The molecule has 0 atom stereocenters. The molecule has 3 aromatic heterocycles. The quantitative estimate of drug-likeness (QED) is 0.719. The Labute approximate surface area is 153 Å². The smallest absolute Gasteiger partial charge is 0.259 e. The molecule has 0 aromatic carbocycles. The van der Waals surface area contributed by atoms with Crippen LogP contribution in [0.15, 0.2) is 54.1 Å². The Kier molecular flexibility index (Phi) is 5.15. The lowest BCUT2D eigenvalue weighted by atomic mass is 10.1. The molecule has 0 saturated heterocycles. The average Bonchev–Trinajstić information content (AvgIpc) is 3.04. The fourth-order valence-electron chi connectivity index (χ4n) is 2.58. The Morgan fingerprint density at radius 2 is 2.00 bits per heavy atom. The predicted octanol–water partition coefficient (Wildman–Crippen LogP) is 2.48. The summed E-state index contributed by atoms with van der Waals surface area (Å²) < 4.78 is 29.2. The van der Waals surface area contributed by atoms with Crippen LogP contribution in [-0.4, -0.2) is 27.9 Å². The first-order valence-corrected chi connectivity index (χ1v) is 9.73. The Morgan fingerprint density at radius 1 is 1.19 bits per heavy atom. The molecule has 0 spiro atoms. The first kappa shape index (κ1) is 18.2. The SMILES string of the molecule is CC(C)c1nc(S(=O)(=O)NCc2ccc(-c3cccnc3)nc2)cn1C. The molecule has 0 radical (unpaired) electrons. The van der Waals surface area contributed by atoms with Gasteiger partial charge in [0.2, 0.25) is 0 Å². The van der Waals surface area contributed by atoms with Crippen LogP contribution in [0.2, 0.25) is 0 Å². The zero-order valence-electron chi connectivity index (χ0n) is 14.9. The predicted molar refractivity (Wildman–Crippen MR) is 98.8 cm³/mol. The second kappa shape index (κ2) is 7.35. The van der Waals surface area contributed by atoms with Gasteiger partial charge in [0, 0.05) is 49.9 Å². The highest BCUT2D eigenvalue weighted by Gasteiger charge is 2.20. The van der Waals surface area contributed by atoms with Crippen LogP contribution in [-0.2, 0) is 23.6 Å². The third kappa shape index (κ3) is 3.97. The summed E-state index contributed by atoms with van der Waals surface area (Å²) in [5.41, 5.74) is 2.46. The summed E-state index contributed by atoms with van der Waals surface area (Å²) in [5, 5.41) is 0.0311. The lowest BCUT2D eigenvalue weighted by Crippen LogP contribution is -2.23. The maximum atomic E-state index is 12.5. The van der Waals surface area contributed by atoms with Crippen molar-refractivity contribution in [3.05, 3.63) is 60.4 Å². The van der Waals surface area contributed by atoms with Crippen molar-refractivity contribution < 1.29 is 8.42 Å². The van der Waals surface area contributed by atoms with E-state index in [1.165, 1.54) is 6.20 Å². The van der Waals surface area contributed by atoms with Gasteiger partial charge < -0.3 is 4.57 Å². The highest BCUT2D eigenvalue weighted by atomic mass is 32.2. The second-order valence-electron chi connectivity index (χ2n) is 6.32. The summed E-state index contributed by atoms with van der Waals surface area (Å²) in [4.78, 5) is 12.7. The van der Waals surface area contributed by atoms with Crippen molar-refractivity contribution in [2.45, 2.75) is 31.3 Å². The van der Waals surface area contributed by atoms with Crippen molar-refractivity contribution in [3.63, 3.8) is 0 Å². The molecule has 0 bridgehead atoms. The Hall–Kier alpha value is -2.58. The van der Waals surface area contributed by atoms with E-state index in [-0.39, 0.29) is 17.5 Å². The number of hydrogen-bond acceptors (Lipinski definition) is 5. The number of nitrogens with one attached hydrogen (secondary N) is 1. The van der Waals surface area contributed by atoms with Crippen LogP contribution in [0.5, 0.6) is 0 Å². The van der Waals surface area contributed by atoms with Gasteiger partial charge in [0.1, 0.15) is 5.82 Å². The second-order valence-corrected chi connectivity index (χ2v) is 8.03. The summed E-state index contributed by atoms with van der Waals surface area (Å²) in [6.45, 7) is 4.10. The van der Waals surface area contributed by atoms with Crippen LogP contribution < -0.4 is 4.72 Å². The van der Waals surface area contributed by atoms with E-state index in [0.29, 0.717) is 0 Å². The van der Waals surface area contributed by atoms with Crippen LogP contribution in [0.4, 0.5) is 0 Å². The number of rotatable bonds is 6. The van der Waals surface area contributed by atoms with Gasteiger partial charge in [0.05, 0.1) is 5.69 Å². The number of sulfonamides is 1. The molecule has 3 aromatic rings. The minimum absolute atomic E-state index is 0.0311. The van der Waals surface area contributed by atoms with Crippen LogP contribution in [0.3, 0.4) is 0 Å². The molecule has 26 heavy (non-hydrogen) atoms. The molecule has 8 heteroatoms. The van der Waals surface area contributed by atoms with Gasteiger partial charge in [-0.3, -0.25) is 9.97 Å². The summed E-state index contributed by atoms with van der Waals surface area (Å²) in [6.07, 6.45) is 6.62. The van der Waals surface area contributed by atoms with E-state index in [1.54, 1.807) is 30.2 Å². The summed E-state index contributed by atoms with van der Waals surface area (Å²) in [7, 11) is -1.88. The highest BCUT2D eigenvalue weighted by molar-refractivity contribution is 7.89. The average molecular weight is 371 g/mol. The van der Waals surface area contributed by atoms with Gasteiger partial charge in [-0.15, -0.1) is 0 Å². The van der Waals surface area contributed by atoms with Gasteiger partial charge in [-0.05, 0) is 23.8 Å². The van der Waals surface area contributed by atoms with Crippen LogP contribution >= 0.6 is 0 Å². The number of nitrogens with zero attached hydrogens (tertiary/aromatic N) is 4. The first-order chi connectivity index (χ1) is 12.4. The topological polar surface area (TPSA) is 89.8 Å². The lowest BCUT2D eigenvalue weighted by Gasteiger charge is -2.06. The Morgan fingerprint density at radius 3 is 2.58 bits per heavy atom. The van der Waals surface area contributed by atoms with Crippen molar-refractivity contribution in [2.24, 2.45) is 7.05 Å². The molecule has 0 unspecified atom stereocenters. The van der Waals surface area contributed by atoms with E-state index < -0.39 is 10.0 Å². The fraction of sp³-hybridized carbons (Fsp3) is 0.278. The fourth-order valence-corrected chi connectivity index (χ4v) is 3.60. The maximum Gasteiger partial charge on any atom is 0.259 e. The monoisotopic (exact) mass is 371 g/mol. The molecular formula is C18H21N5O2S. The molecule has 0 fully saturated rings. The van der Waals surface area contributed by atoms with E-state index in [9.17, 15) is 8.42 Å². The molecule has 3 rings (SSSR count). The van der Waals surface area contributed by atoms with E-state index in [2.05, 4.69) is 19.7 Å². The van der Waals surface area contributed by atoms with Crippen LogP contribution in [0, 0.1) is 0 Å². The van der Waals surface area contributed by atoms with Gasteiger partial charge in [0.15, 0.2) is 5.03 Å². The normalized spacial score (nSPS) is 11.8. The van der Waals surface area contributed by atoms with Gasteiger partial charge in [0.25, 0.3) is 10.0 Å². The molecule has 136 valence electrons. The van der Waals surface area contributed by atoms with Crippen molar-refractivity contribution >= 4 is 10.0 Å². The van der Waals surface area contributed by atoms with E-state index >= 15 is 0 Å². The van der Waals surface area contributed by atoms with Crippen LogP contribution in [0.1, 0.15) is 31.2 Å². The van der Waals surface area contributed by atoms with Crippen molar-refractivity contribution in [3.8, 4) is 11.3 Å². The largest absolute Gasteiger partial charge is 0.336 e. The molecule has 0 saturated carbocycles. The first-order valence-electron chi connectivity index (χ1n) is 8.25. The molecule has 0 aliphatic heterocycles. The van der Waals surface area contributed by atoms with Crippen LogP contribution in [0.25, 0.3) is 11.3 Å². The van der Waals surface area contributed by atoms with Gasteiger partial charge >= 0.3 is 0 Å². The third-order valence-corrected chi connectivity index (χ3v) is 5.20. The molecule has 3 heterocycles. The van der Waals surface area contributed by atoms with Crippen molar-refractivity contribution in [2.75, 3.05) is 0 Å². The molecule has 0 aliphatic carbocycles. The van der Waals surface area contributed by atoms with Gasteiger partial charge in [-0.1, -0.05) is 19.9 Å². The Bertz CT molecular complexity index is 980.